The predicted molar refractivity (Wildman–Crippen MR) is 47.0 cm³/mol. The molecule has 2 nitrogen and oxygen atoms in total. The number of hydrogen-bond donors (Lipinski definition) is 0. The summed E-state index contributed by atoms with van der Waals surface area (Å²) in [6.07, 6.45) is 2.03. The van der Waals surface area contributed by atoms with Crippen LogP contribution in [0, 0.1) is 11.8 Å². The number of hydrogen-bond acceptors (Lipinski definition) is 2. The molecule has 0 aliphatic carbocycles. The van der Waals surface area contributed by atoms with E-state index in [-0.39, 0.29) is 0 Å². The van der Waals surface area contributed by atoms with Crippen LogP contribution in [0.5, 0.6) is 0 Å². The van der Waals surface area contributed by atoms with Gasteiger partial charge in [0.2, 0.25) is 0 Å². The van der Waals surface area contributed by atoms with E-state index in [4.69, 9.17) is 0 Å². The Bertz CT molecular complexity index is 125. The van der Waals surface area contributed by atoms with Gasteiger partial charge < -0.3 is 4.55 Å². The van der Waals surface area contributed by atoms with Crippen molar-refractivity contribution in [1.29, 1.82) is 0 Å². The van der Waals surface area contributed by atoms with Crippen LogP contribution in [0.1, 0.15) is 33.6 Å². The maximum Gasteiger partial charge on any atom is 0.0132 e. The molecule has 11 heavy (non-hydrogen) atoms. The summed E-state index contributed by atoms with van der Waals surface area (Å²) in [6, 6.07) is 0. The Morgan fingerprint density at radius 2 is 1.91 bits per heavy atom. The quantitative estimate of drug-likeness (QED) is 0.602. The van der Waals surface area contributed by atoms with Crippen molar-refractivity contribution in [3.8, 4) is 0 Å². The summed E-state index contributed by atoms with van der Waals surface area (Å²) in [7, 11) is 0. The van der Waals surface area contributed by atoms with Crippen LogP contribution in [-0.4, -0.2) is 14.5 Å². The summed E-state index contributed by atoms with van der Waals surface area (Å²) in [5.41, 5.74) is 0. The molecule has 0 N–H and O–H groups in total. The van der Waals surface area contributed by atoms with Crippen molar-refractivity contribution in [2.24, 2.45) is 11.8 Å². The molecule has 0 aliphatic heterocycles. The molecule has 3 atom stereocenters. The zero-order valence-corrected chi connectivity index (χ0v) is 8.32. The van der Waals surface area contributed by atoms with Crippen LogP contribution in [-0.2, 0) is 11.1 Å². The lowest BCUT2D eigenvalue weighted by Crippen LogP contribution is -2.17. The van der Waals surface area contributed by atoms with Crippen molar-refractivity contribution in [1.82, 2.24) is 0 Å². The first-order valence-electron chi connectivity index (χ1n) is 4.17. The van der Waals surface area contributed by atoms with Gasteiger partial charge >= 0.3 is 0 Å². The molecule has 0 heterocycles. The Morgan fingerprint density at radius 3 is 2.18 bits per heavy atom. The average molecular weight is 177 g/mol. The monoisotopic (exact) mass is 177 g/mol. The molecule has 0 radical (unpaired) electrons. The van der Waals surface area contributed by atoms with Crippen LogP contribution < -0.4 is 0 Å². The van der Waals surface area contributed by atoms with Gasteiger partial charge in [0.15, 0.2) is 0 Å². The molecule has 0 saturated carbocycles. The first kappa shape index (κ1) is 11.1. The van der Waals surface area contributed by atoms with Crippen molar-refractivity contribution in [3.05, 3.63) is 0 Å². The highest BCUT2D eigenvalue weighted by Gasteiger charge is 2.12. The second-order valence-electron chi connectivity index (χ2n) is 3.02. The third kappa shape index (κ3) is 4.53. The minimum absolute atomic E-state index is 0.325. The Kier molecular flexibility index (Phi) is 5.78. The van der Waals surface area contributed by atoms with Gasteiger partial charge in [-0.25, -0.2) is 0 Å². The smallest absolute Gasteiger partial charge is 0.0132 e. The zero-order valence-electron chi connectivity index (χ0n) is 7.50. The Balaban J connectivity index is 3.84. The maximum atomic E-state index is 10.4. The topological polar surface area (TPSA) is 40.1 Å². The van der Waals surface area contributed by atoms with Crippen molar-refractivity contribution < 1.29 is 8.76 Å². The van der Waals surface area contributed by atoms with Crippen molar-refractivity contribution >= 4 is 11.1 Å². The predicted octanol–water partition coefficient (Wildman–Crippen LogP) is 1.94. The molecule has 0 fully saturated rings. The molecule has 0 saturated heterocycles. The molecule has 68 valence electrons. The van der Waals surface area contributed by atoms with Crippen LogP contribution in [0.4, 0.5) is 0 Å². The van der Waals surface area contributed by atoms with E-state index >= 15 is 0 Å². The highest BCUT2D eigenvalue weighted by atomic mass is 32.2. The average Bonchev–Trinajstić information content (AvgIpc) is 1.98. The van der Waals surface area contributed by atoms with E-state index in [0.717, 1.165) is 12.8 Å². The molecular formula is C8H17O2S-. The molecule has 0 amide bonds. The van der Waals surface area contributed by atoms with Gasteiger partial charge in [0, 0.05) is 5.75 Å². The third-order valence-electron chi connectivity index (χ3n) is 2.32. The first-order chi connectivity index (χ1) is 5.11. The van der Waals surface area contributed by atoms with Gasteiger partial charge in [-0.3, -0.25) is 4.21 Å². The van der Waals surface area contributed by atoms with E-state index in [1.54, 1.807) is 0 Å². The molecule has 0 rings (SSSR count). The van der Waals surface area contributed by atoms with E-state index in [9.17, 15) is 8.76 Å². The Morgan fingerprint density at radius 1 is 1.36 bits per heavy atom. The van der Waals surface area contributed by atoms with Gasteiger partial charge in [-0.1, -0.05) is 44.7 Å². The second kappa shape index (κ2) is 5.72. The van der Waals surface area contributed by atoms with Gasteiger partial charge in [-0.2, -0.15) is 0 Å². The Hall–Kier alpha value is 0.110. The van der Waals surface area contributed by atoms with E-state index in [2.05, 4.69) is 13.8 Å². The minimum atomic E-state index is -1.87. The molecule has 3 unspecified atom stereocenters. The Labute approximate surface area is 71.7 Å². The molecule has 0 spiro atoms. The van der Waals surface area contributed by atoms with E-state index in [0.29, 0.717) is 17.6 Å². The van der Waals surface area contributed by atoms with Crippen molar-refractivity contribution in [3.63, 3.8) is 0 Å². The largest absolute Gasteiger partial charge is 0.772 e. The van der Waals surface area contributed by atoms with Gasteiger partial charge in [-0.15, -0.1) is 0 Å². The molecule has 0 aliphatic rings. The van der Waals surface area contributed by atoms with Gasteiger partial charge in [-0.05, 0) is 11.8 Å². The van der Waals surface area contributed by atoms with Gasteiger partial charge in [0.25, 0.3) is 0 Å². The summed E-state index contributed by atoms with van der Waals surface area (Å²) >= 11 is -1.87. The summed E-state index contributed by atoms with van der Waals surface area (Å²) in [5, 5.41) is 0. The van der Waals surface area contributed by atoms with Crippen molar-refractivity contribution in [2.45, 2.75) is 33.6 Å². The molecule has 0 aromatic carbocycles. The summed E-state index contributed by atoms with van der Waals surface area (Å²) in [6.45, 7) is 6.26. The first-order valence-corrected chi connectivity index (χ1v) is 5.42. The second-order valence-corrected chi connectivity index (χ2v) is 3.97. The zero-order chi connectivity index (χ0) is 8.85. The lowest BCUT2D eigenvalue weighted by atomic mass is 9.91. The maximum absolute atomic E-state index is 10.4. The van der Waals surface area contributed by atoms with Crippen LogP contribution in [0.15, 0.2) is 0 Å². The van der Waals surface area contributed by atoms with E-state index < -0.39 is 11.1 Å². The third-order valence-corrected chi connectivity index (χ3v) is 3.02. The summed E-state index contributed by atoms with van der Waals surface area (Å²) in [4.78, 5) is 0. The summed E-state index contributed by atoms with van der Waals surface area (Å²) < 4.78 is 20.8. The van der Waals surface area contributed by atoms with Gasteiger partial charge in [0.05, 0.1) is 0 Å². The highest BCUT2D eigenvalue weighted by molar-refractivity contribution is 7.79. The molecule has 0 aromatic rings. The van der Waals surface area contributed by atoms with Gasteiger partial charge in [0.1, 0.15) is 0 Å². The SMILES string of the molecule is CCC(C)C(CC)CS(=O)[O-]. The standard InChI is InChI=1S/C8H18O2S/c1-4-7(3)8(5-2)6-11(9)10/h7-8H,4-6H2,1-3H3,(H,9,10)/p-1. The fraction of sp³-hybridized carbons (Fsp3) is 1.00. The van der Waals surface area contributed by atoms with E-state index in [1.165, 1.54) is 0 Å². The molecule has 3 heteroatoms. The molecule has 0 aromatic heterocycles. The molecule has 0 bridgehead atoms. The van der Waals surface area contributed by atoms with Crippen LogP contribution in [0.3, 0.4) is 0 Å². The summed E-state index contributed by atoms with van der Waals surface area (Å²) in [5.74, 6) is 1.20. The van der Waals surface area contributed by atoms with E-state index in [1.807, 2.05) is 6.92 Å². The number of rotatable bonds is 5. The highest BCUT2D eigenvalue weighted by Crippen LogP contribution is 2.18. The van der Waals surface area contributed by atoms with Crippen LogP contribution >= 0.6 is 0 Å². The fourth-order valence-corrected chi connectivity index (χ4v) is 2.11. The fourth-order valence-electron chi connectivity index (χ4n) is 1.19. The van der Waals surface area contributed by atoms with Crippen molar-refractivity contribution in [2.75, 3.05) is 5.75 Å². The lowest BCUT2D eigenvalue weighted by Gasteiger charge is -2.22. The van der Waals surface area contributed by atoms with Crippen LogP contribution in [0.25, 0.3) is 0 Å². The normalized spacial score (nSPS) is 19.3. The van der Waals surface area contributed by atoms with Crippen LogP contribution in [0.2, 0.25) is 0 Å². The minimum Gasteiger partial charge on any atom is -0.772 e. The molecular weight excluding hydrogens is 160 g/mol. The lowest BCUT2D eigenvalue weighted by molar-refractivity contribution is 0.364.